The number of halogens is 4. The Balaban J connectivity index is 2.36. The lowest BCUT2D eigenvalue weighted by molar-refractivity contribution is -0.187. The quantitative estimate of drug-likeness (QED) is 0.508. The Morgan fingerprint density at radius 2 is 1.64 bits per heavy atom. The van der Waals surface area contributed by atoms with Crippen LogP contribution in [-0.2, 0) is 10.3 Å². The third kappa shape index (κ3) is 1.28. The molecule has 76 valence electrons. The van der Waals surface area contributed by atoms with Gasteiger partial charge in [0.15, 0.2) is 0 Å². The molecule has 1 atom stereocenters. The maximum absolute atomic E-state index is 12.5. The van der Waals surface area contributed by atoms with E-state index in [1.54, 1.807) is 0 Å². The van der Waals surface area contributed by atoms with Crippen LogP contribution in [0.3, 0.4) is 0 Å². The van der Waals surface area contributed by atoms with Gasteiger partial charge in [0.2, 0.25) is 5.60 Å². The van der Waals surface area contributed by atoms with Crippen molar-refractivity contribution in [3.8, 4) is 0 Å². The van der Waals surface area contributed by atoms with Gasteiger partial charge in [-0.25, -0.2) is 4.39 Å². The highest BCUT2D eigenvalue weighted by molar-refractivity contribution is 5.29. The van der Waals surface area contributed by atoms with Gasteiger partial charge >= 0.3 is 6.18 Å². The van der Waals surface area contributed by atoms with E-state index in [-0.39, 0.29) is 12.2 Å². The minimum Gasteiger partial charge on any atom is -0.355 e. The minimum atomic E-state index is -4.44. The average Bonchev–Trinajstić information content (AvgIpc) is 2.84. The van der Waals surface area contributed by atoms with Crippen LogP contribution in [0.4, 0.5) is 17.6 Å². The average molecular weight is 206 g/mol. The highest BCUT2D eigenvalue weighted by atomic mass is 19.4. The number of epoxide rings is 1. The summed E-state index contributed by atoms with van der Waals surface area (Å²) < 4.78 is 54.3. The molecule has 0 amide bonds. The maximum atomic E-state index is 12.5. The van der Waals surface area contributed by atoms with Crippen LogP contribution < -0.4 is 0 Å². The van der Waals surface area contributed by atoms with Crippen LogP contribution in [0.25, 0.3) is 0 Å². The summed E-state index contributed by atoms with van der Waals surface area (Å²) in [6, 6.07) is 4.17. The van der Waals surface area contributed by atoms with Crippen molar-refractivity contribution in [3.05, 3.63) is 35.6 Å². The molecule has 0 bridgehead atoms. The van der Waals surface area contributed by atoms with Gasteiger partial charge in [0.25, 0.3) is 0 Å². The van der Waals surface area contributed by atoms with E-state index in [4.69, 9.17) is 0 Å². The Morgan fingerprint density at radius 1 is 1.14 bits per heavy atom. The summed E-state index contributed by atoms with van der Waals surface area (Å²) in [6.07, 6.45) is -4.44. The van der Waals surface area contributed by atoms with E-state index in [1.165, 1.54) is 0 Å². The van der Waals surface area contributed by atoms with Crippen LogP contribution >= 0.6 is 0 Å². The third-order valence-electron chi connectivity index (χ3n) is 2.20. The Labute approximate surface area is 77.3 Å². The molecule has 1 saturated heterocycles. The summed E-state index contributed by atoms with van der Waals surface area (Å²) in [5.41, 5.74) is -2.24. The van der Waals surface area contributed by atoms with Gasteiger partial charge in [-0.3, -0.25) is 0 Å². The van der Waals surface area contributed by atoms with Crippen LogP contribution in [0, 0.1) is 5.82 Å². The molecule has 1 nitrogen and oxygen atoms in total. The zero-order valence-corrected chi connectivity index (χ0v) is 6.94. The molecule has 0 aromatic heterocycles. The second-order valence-electron chi connectivity index (χ2n) is 3.12. The predicted molar refractivity (Wildman–Crippen MR) is 40.1 cm³/mol. The van der Waals surface area contributed by atoms with Crippen molar-refractivity contribution in [2.75, 3.05) is 6.61 Å². The van der Waals surface area contributed by atoms with E-state index >= 15 is 0 Å². The summed E-state index contributed by atoms with van der Waals surface area (Å²) >= 11 is 0. The number of benzene rings is 1. The molecule has 1 heterocycles. The molecule has 0 N–H and O–H groups in total. The van der Waals surface area contributed by atoms with Crippen molar-refractivity contribution < 1.29 is 22.3 Å². The summed E-state index contributed by atoms with van der Waals surface area (Å²) in [5.74, 6) is -0.563. The van der Waals surface area contributed by atoms with Gasteiger partial charge in [-0.2, -0.15) is 13.2 Å². The Hall–Kier alpha value is -1.10. The zero-order chi connectivity index (χ0) is 10.4. The van der Waals surface area contributed by atoms with Crippen LogP contribution in [-0.4, -0.2) is 12.8 Å². The first-order valence-electron chi connectivity index (χ1n) is 3.92. The lowest BCUT2D eigenvalue weighted by Gasteiger charge is -2.15. The first-order chi connectivity index (χ1) is 6.46. The lowest BCUT2D eigenvalue weighted by Crippen LogP contribution is -2.30. The van der Waals surface area contributed by atoms with Gasteiger partial charge in [-0.15, -0.1) is 0 Å². The summed E-state index contributed by atoms with van der Waals surface area (Å²) in [5, 5.41) is 0. The smallest absolute Gasteiger partial charge is 0.355 e. The number of hydrogen-bond donors (Lipinski definition) is 0. The summed E-state index contributed by atoms with van der Waals surface area (Å²) in [4.78, 5) is 0. The van der Waals surface area contributed by atoms with E-state index in [9.17, 15) is 17.6 Å². The molecule has 2 rings (SSSR count). The van der Waals surface area contributed by atoms with Crippen molar-refractivity contribution in [1.82, 2.24) is 0 Å². The molecule has 14 heavy (non-hydrogen) atoms. The van der Waals surface area contributed by atoms with E-state index in [0.29, 0.717) is 0 Å². The van der Waals surface area contributed by atoms with Crippen LogP contribution in [0.5, 0.6) is 0 Å². The minimum absolute atomic E-state index is 0.0496. The van der Waals surface area contributed by atoms with Crippen molar-refractivity contribution in [2.45, 2.75) is 11.8 Å². The molecule has 1 aliphatic rings. The fourth-order valence-electron chi connectivity index (χ4n) is 1.29. The molecule has 1 aliphatic heterocycles. The van der Waals surface area contributed by atoms with Gasteiger partial charge in [-0.1, -0.05) is 12.1 Å². The van der Waals surface area contributed by atoms with E-state index in [0.717, 1.165) is 24.3 Å². The van der Waals surface area contributed by atoms with Crippen LogP contribution in [0.15, 0.2) is 24.3 Å². The monoisotopic (exact) mass is 206 g/mol. The molecular formula is C9H6F4O. The van der Waals surface area contributed by atoms with E-state index in [2.05, 4.69) is 4.74 Å². The fraction of sp³-hybridized carbons (Fsp3) is 0.333. The van der Waals surface area contributed by atoms with Gasteiger partial charge in [0, 0.05) is 0 Å². The zero-order valence-electron chi connectivity index (χ0n) is 6.94. The van der Waals surface area contributed by atoms with E-state index in [1.807, 2.05) is 0 Å². The van der Waals surface area contributed by atoms with Crippen LogP contribution in [0.2, 0.25) is 0 Å². The second-order valence-corrected chi connectivity index (χ2v) is 3.12. The molecule has 0 radical (unpaired) electrons. The first-order valence-corrected chi connectivity index (χ1v) is 3.92. The highest BCUT2D eigenvalue weighted by Gasteiger charge is 2.67. The molecule has 1 aromatic carbocycles. The van der Waals surface area contributed by atoms with Crippen molar-refractivity contribution in [1.29, 1.82) is 0 Å². The van der Waals surface area contributed by atoms with Gasteiger partial charge < -0.3 is 4.74 Å². The van der Waals surface area contributed by atoms with Crippen molar-refractivity contribution in [2.24, 2.45) is 0 Å². The van der Waals surface area contributed by atoms with E-state index < -0.39 is 17.6 Å². The van der Waals surface area contributed by atoms with Gasteiger partial charge in [0.1, 0.15) is 5.82 Å². The molecule has 5 heteroatoms. The first kappa shape index (κ1) is 9.45. The molecule has 1 aromatic rings. The Morgan fingerprint density at radius 3 is 2.00 bits per heavy atom. The second kappa shape index (κ2) is 2.70. The topological polar surface area (TPSA) is 12.5 Å². The molecule has 1 unspecified atom stereocenters. The van der Waals surface area contributed by atoms with Crippen LogP contribution in [0.1, 0.15) is 5.56 Å². The van der Waals surface area contributed by atoms with Gasteiger partial charge in [0.05, 0.1) is 6.61 Å². The highest BCUT2D eigenvalue weighted by Crippen LogP contribution is 2.51. The Bertz CT molecular complexity index is 337. The molecule has 0 aliphatic carbocycles. The van der Waals surface area contributed by atoms with Crippen molar-refractivity contribution in [3.63, 3.8) is 0 Å². The van der Waals surface area contributed by atoms with Crippen molar-refractivity contribution >= 4 is 0 Å². The number of alkyl halides is 3. The summed E-state index contributed by atoms with van der Waals surface area (Å²) in [7, 11) is 0. The SMILES string of the molecule is Fc1ccc(C2(C(F)(F)F)CO2)cc1. The third-order valence-corrected chi connectivity index (χ3v) is 2.20. The standard InChI is InChI=1S/C9H6F4O/c10-7-3-1-6(2-4-7)8(5-14-8)9(11,12)13/h1-4H,5H2. The lowest BCUT2D eigenvalue weighted by atomic mass is 10.00. The predicted octanol–water partition coefficient (Wildman–Crippen LogP) is 2.61. The normalized spacial score (nSPS) is 26.3. The fourth-order valence-corrected chi connectivity index (χ4v) is 1.29. The number of rotatable bonds is 1. The Kier molecular flexibility index (Phi) is 1.82. The largest absolute Gasteiger partial charge is 0.424 e. The van der Waals surface area contributed by atoms with Gasteiger partial charge in [-0.05, 0) is 17.7 Å². The maximum Gasteiger partial charge on any atom is 0.424 e. The molecule has 0 spiro atoms. The molecule has 1 fully saturated rings. The number of ether oxygens (including phenoxy) is 1. The molecular weight excluding hydrogens is 200 g/mol. The summed E-state index contributed by atoms with van der Waals surface area (Å²) in [6.45, 7) is -0.387. The number of hydrogen-bond acceptors (Lipinski definition) is 1. The molecule has 0 saturated carbocycles.